The quantitative estimate of drug-likeness (QED) is 0.438. The van der Waals surface area contributed by atoms with Gasteiger partial charge in [0.2, 0.25) is 5.91 Å². The summed E-state index contributed by atoms with van der Waals surface area (Å²) >= 11 is 7.23. The number of hydrogen-bond donors (Lipinski definition) is 0. The van der Waals surface area contributed by atoms with Crippen molar-refractivity contribution in [1.82, 2.24) is 9.80 Å². The van der Waals surface area contributed by atoms with Gasteiger partial charge < -0.3 is 4.90 Å². The van der Waals surface area contributed by atoms with Crippen molar-refractivity contribution in [2.45, 2.75) is 10.8 Å². The fraction of sp³-hybridized carbons (Fsp3) is 0.778. The average Bonchev–Trinajstić information content (AvgIpc) is 2.18. The van der Waals surface area contributed by atoms with Crippen molar-refractivity contribution >= 4 is 46.1 Å². The highest BCUT2D eigenvalue weighted by Crippen LogP contribution is 2.06. The van der Waals surface area contributed by atoms with Crippen LogP contribution in [0, 0.1) is 0 Å². The van der Waals surface area contributed by atoms with E-state index in [0.717, 1.165) is 32.7 Å². The molecule has 3 nitrogen and oxygen atoms in total. The van der Waals surface area contributed by atoms with Gasteiger partial charge in [-0.15, -0.1) is 0 Å². The van der Waals surface area contributed by atoms with E-state index in [1.165, 1.54) is 0 Å². The van der Waals surface area contributed by atoms with Crippen LogP contribution in [-0.4, -0.2) is 57.7 Å². The molecule has 1 fully saturated rings. The van der Waals surface area contributed by atoms with E-state index in [1.54, 1.807) is 12.3 Å². The fourth-order valence-electron chi connectivity index (χ4n) is 1.54. The molecule has 1 aliphatic heterocycles. The van der Waals surface area contributed by atoms with Gasteiger partial charge >= 0.3 is 0 Å². The summed E-state index contributed by atoms with van der Waals surface area (Å²) in [7, 11) is 0. The largest absolute Gasteiger partial charge is 0.340 e. The van der Waals surface area contributed by atoms with Gasteiger partial charge in [0.15, 0.2) is 0 Å². The molecule has 1 saturated heterocycles. The minimum Gasteiger partial charge on any atom is -0.340 e. The van der Waals surface area contributed by atoms with Crippen molar-refractivity contribution in [3.05, 3.63) is 0 Å². The number of carbonyl (C=O) groups excluding carboxylic acids is 1. The molecule has 5 heteroatoms. The smallest absolute Gasteiger partial charge is 0.219 e. The number of piperazine rings is 1. The Morgan fingerprint density at radius 2 is 2.07 bits per heavy atom. The molecule has 1 unspecified atom stereocenters. The maximum Gasteiger partial charge on any atom is 0.219 e. The summed E-state index contributed by atoms with van der Waals surface area (Å²) in [5, 5.41) is 1.80. The number of nitrogens with zero attached hydrogens (tertiary/aromatic N) is 2. The number of rotatable bonds is 3. The van der Waals surface area contributed by atoms with Crippen LogP contribution in [0.15, 0.2) is 0 Å². The van der Waals surface area contributed by atoms with Gasteiger partial charge in [-0.3, -0.25) is 9.69 Å². The van der Waals surface area contributed by atoms with Crippen LogP contribution in [0.25, 0.3) is 0 Å². The fourth-order valence-corrected chi connectivity index (χ4v) is 2.18. The molecule has 0 radical (unpaired) electrons. The van der Waals surface area contributed by atoms with E-state index < -0.39 is 0 Å². The van der Waals surface area contributed by atoms with Crippen molar-refractivity contribution in [1.29, 1.82) is 0 Å². The third kappa shape index (κ3) is 3.78. The predicted octanol–water partition coefficient (Wildman–Crippen LogP) is 0.954. The molecule has 0 aliphatic carbocycles. The van der Waals surface area contributed by atoms with E-state index in [9.17, 15) is 4.79 Å². The Hall–Kier alpha value is 0.250. The normalized spacial score (nSPS) is 20.6. The van der Waals surface area contributed by atoms with Crippen molar-refractivity contribution < 1.29 is 4.79 Å². The molecule has 1 atom stereocenters. The minimum atomic E-state index is 0.186. The Morgan fingerprint density at radius 3 is 2.50 bits per heavy atom. The molecule has 0 aromatic heterocycles. The van der Waals surface area contributed by atoms with E-state index >= 15 is 0 Å². The summed E-state index contributed by atoms with van der Waals surface area (Å²) in [6.45, 7) is 6.31. The highest BCUT2D eigenvalue weighted by Gasteiger charge is 2.19. The second kappa shape index (κ2) is 5.97. The highest BCUT2D eigenvalue weighted by atomic mass is 127. The lowest BCUT2D eigenvalue weighted by molar-refractivity contribution is -0.130. The SMILES string of the molecule is CC(=O)N1CCN(CC(I)C=S)CC1. The van der Waals surface area contributed by atoms with E-state index in [2.05, 4.69) is 27.5 Å². The zero-order valence-corrected chi connectivity index (χ0v) is 11.3. The molecule has 1 rings (SSSR count). The first kappa shape index (κ1) is 12.3. The molecule has 0 spiro atoms. The standard InChI is InChI=1S/C9H15IN2OS/c1-8(13)12-4-2-11(3-5-12)6-9(10)7-14/h7,9H,2-6H2,1H3. The van der Waals surface area contributed by atoms with Gasteiger partial charge in [0.1, 0.15) is 0 Å². The van der Waals surface area contributed by atoms with Gasteiger partial charge in [0.05, 0.1) is 3.92 Å². The first-order valence-electron chi connectivity index (χ1n) is 4.70. The first-order valence-corrected chi connectivity index (χ1v) is 6.42. The van der Waals surface area contributed by atoms with Crippen LogP contribution in [0.4, 0.5) is 0 Å². The van der Waals surface area contributed by atoms with Gasteiger partial charge in [-0.1, -0.05) is 34.8 Å². The third-order valence-electron chi connectivity index (χ3n) is 2.40. The number of carbonyl (C=O) groups is 1. The lowest BCUT2D eigenvalue weighted by Crippen LogP contribution is -2.49. The Bertz CT molecular complexity index is 217. The summed E-state index contributed by atoms with van der Waals surface area (Å²) in [4.78, 5) is 15.3. The van der Waals surface area contributed by atoms with E-state index in [1.807, 2.05) is 4.90 Å². The van der Waals surface area contributed by atoms with Gasteiger partial charge in [-0.25, -0.2) is 0 Å². The second-order valence-corrected chi connectivity index (χ2v) is 5.33. The van der Waals surface area contributed by atoms with Crippen LogP contribution >= 0.6 is 34.8 Å². The molecule has 1 heterocycles. The highest BCUT2D eigenvalue weighted by molar-refractivity contribution is 14.1. The van der Waals surface area contributed by atoms with Gasteiger partial charge in [0.25, 0.3) is 0 Å². The van der Waals surface area contributed by atoms with E-state index in [0.29, 0.717) is 3.92 Å². The van der Waals surface area contributed by atoms with Crippen LogP contribution in [0.1, 0.15) is 6.92 Å². The molecule has 80 valence electrons. The van der Waals surface area contributed by atoms with Crippen LogP contribution in [-0.2, 0) is 4.79 Å². The zero-order chi connectivity index (χ0) is 10.6. The Kier molecular flexibility index (Phi) is 5.25. The Balaban J connectivity index is 2.28. The second-order valence-electron chi connectivity index (χ2n) is 3.46. The molecule has 0 aromatic rings. The Morgan fingerprint density at radius 1 is 1.50 bits per heavy atom. The number of amides is 1. The number of thiocarbonyl (C=S) groups is 1. The molecule has 0 bridgehead atoms. The predicted molar refractivity (Wildman–Crippen MR) is 70.2 cm³/mol. The summed E-state index contributed by atoms with van der Waals surface area (Å²) in [5.74, 6) is 0.186. The monoisotopic (exact) mass is 326 g/mol. The lowest BCUT2D eigenvalue weighted by atomic mass is 10.3. The molecular weight excluding hydrogens is 311 g/mol. The van der Waals surface area contributed by atoms with Gasteiger partial charge in [-0.2, -0.15) is 0 Å². The molecule has 1 aliphatic rings. The molecule has 1 amide bonds. The van der Waals surface area contributed by atoms with Crippen LogP contribution < -0.4 is 0 Å². The molecule has 0 aromatic carbocycles. The molecule has 0 N–H and O–H groups in total. The minimum absolute atomic E-state index is 0.186. The van der Waals surface area contributed by atoms with Crippen molar-refractivity contribution in [2.24, 2.45) is 0 Å². The zero-order valence-electron chi connectivity index (χ0n) is 8.28. The summed E-state index contributed by atoms with van der Waals surface area (Å²) < 4.78 is 0.437. The average molecular weight is 326 g/mol. The maximum atomic E-state index is 11.1. The van der Waals surface area contributed by atoms with Crippen LogP contribution in [0.2, 0.25) is 0 Å². The van der Waals surface area contributed by atoms with Gasteiger partial charge in [-0.05, 0) is 5.37 Å². The van der Waals surface area contributed by atoms with Crippen molar-refractivity contribution in [3.63, 3.8) is 0 Å². The summed E-state index contributed by atoms with van der Waals surface area (Å²) in [6.07, 6.45) is 0. The van der Waals surface area contributed by atoms with Crippen molar-refractivity contribution in [3.8, 4) is 0 Å². The number of halogens is 1. The molecule has 14 heavy (non-hydrogen) atoms. The molecular formula is C9H15IN2OS. The maximum absolute atomic E-state index is 11.1. The Labute approximate surface area is 104 Å². The van der Waals surface area contributed by atoms with E-state index in [-0.39, 0.29) is 5.91 Å². The van der Waals surface area contributed by atoms with Crippen LogP contribution in [0.3, 0.4) is 0 Å². The first-order chi connectivity index (χ1) is 6.63. The van der Waals surface area contributed by atoms with E-state index in [4.69, 9.17) is 12.2 Å². The van der Waals surface area contributed by atoms with Gasteiger partial charge in [0, 0.05) is 39.6 Å². The van der Waals surface area contributed by atoms with Crippen LogP contribution in [0.5, 0.6) is 0 Å². The lowest BCUT2D eigenvalue weighted by Gasteiger charge is -2.34. The number of alkyl halides is 1. The summed E-state index contributed by atoms with van der Waals surface area (Å²) in [6, 6.07) is 0. The summed E-state index contributed by atoms with van der Waals surface area (Å²) in [5.41, 5.74) is 0. The number of hydrogen-bond acceptors (Lipinski definition) is 3. The van der Waals surface area contributed by atoms with Crippen molar-refractivity contribution in [2.75, 3.05) is 32.7 Å². The molecule has 0 saturated carbocycles. The topological polar surface area (TPSA) is 23.6 Å². The third-order valence-corrected chi connectivity index (χ3v) is 3.97.